The summed E-state index contributed by atoms with van der Waals surface area (Å²) in [6.45, 7) is 6.93. The van der Waals surface area contributed by atoms with Crippen molar-refractivity contribution in [2.45, 2.75) is 43.6 Å². The average molecular weight is 413 g/mol. The molecule has 0 saturated carbocycles. The van der Waals surface area contributed by atoms with E-state index in [4.69, 9.17) is 10.8 Å². The summed E-state index contributed by atoms with van der Waals surface area (Å²) in [5.41, 5.74) is 8.25. The smallest absolute Gasteiger partial charge is 0.325 e. The van der Waals surface area contributed by atoms with E-state index >= 15 is 0 Å². The molecular formula is C21H24N4O3S. The van der Waals surface area contributed by atoms with Crippen LogP contribution in [0.2, 0.25) is 0 Å². The highest BCUT2D eigenvalue weighted by atomic mass is 32.2. The number of nitrogens with zero attached hydrogens (tertiary/aromatic N) is 2. The first kappa shape index (κ1) is 20.7. The van der Waals surface area contributed by atoms with Crippen LogP contribution in [0, 0.1) is 6.92 Å². The van der Waals surface area contributed by atoms with Gasteiger partial charge in [0.05, 0.1) is 16.6 Å². The van der Waals surface area contributed by atoms with E-state index in [0.717, 1.165) is 22.0 Å². The maximum absolute atomic E-state index is 12.6. The highest BCUT2D eigenvalue weighted by molar-refractivity contribution is 8.01. The lowest BCUT2D eigenvalue weighted by Gasteiger charge is -2.24. The van der Waals surface area contributed by atoms with Crippen molar-refractivity contribution in [3.05, 3.63) is 48.2 Å². The van der Waals surface area contributed by atoms with E-state index in [1.807, 2.05) is 34.9 Å². The molecule has 1 heterocycles. The summed E-state index contributed by atoms with van der Waals surface area (Å²) in [4.78, 5) is 28.1. The van der Waals surface area contributed by atoms with Crippen molar-refractivity contribution in [2.24, 2.45) is 0 Å². The van der Waals surface area contributed by atoms with Crippen LogP contribution in [0.15, 0.2) is 47.8 Å². The lowest BCUT2D eigenvalue weighted by Crippen LogP contribution is -2.47. The number of carboxylic acid groups (broad SMARTS) is 1. The molecule has 0 aliphatic heterocycles. The molecular weight excluding hydrogens is 388 g/mol. The van der Waals surface area contributed by atoms with Crippen LogP contribution < -0.4 is 11.1 Å². The number of nitrogens with two attached hydrogens (primary N) is 1. The SMILES string of the molecule is Cc1ccc(-n2c(N)cnc2SC(C)(C)C(=O)NC(C)C(=O)O)c2ccccc12. The summed E-state index contributed by atoms with van der Waals surface area (Å²) in [5, 5.41) is 14.3. The second kappa shape index (κ2) is 7.79. The Morgan fingerprint density at radius 3 is 2.52 bits per heavy atom. The van der Waals surface area contributed by atoms with Crippen molar-refractivity contribution in [3.8, 4) is 5.69 Å². The third kappa shape index (κ3) is 4.07. The number of nitrogens with one attached hydrogen (secondary N) is 1. The predicted octanol–water partition coefficient (Wildman–Crippen LogP) is 3.38. The molecule has 1 aromatic heterocycles. The van der Waals surface area contributed by atoms with E-state index in [9.17, 15) is 9.59 Å². The predicted molar refractivity (Wildman–Crippen MR) is 115 cm³/mol. The first-order chi connectivity index (χ1) is 13.6. The van der Waals surface area contributed by atoms with Crippen molar-refractivity contribution < 1.29 is 14.7 Å². The van der Waals surface area contributed by atoms with Gasteiger partial charge in [-0.15, -0.1) is 0 Å². The molecule has 1 amide bonds. The van der Waals surface area contributed by atoms with Crippen molar-refractivity contribution in [2.75, 3.05) is 5.73 Å². The number of imidazole rings is 1. The van der Waals surface area contributed by atoms with Gasteiger partial charge in [-0.1, -0.05) is 42.1 Å². The molecule has 2 aromatic carbocycles. The standard InChI is InChI=1S/C21H24N4O3S/c1-12-9-10-16(15-8-6-5-7-14(12)15)25-17(22)11-23-20(25)29-21(3,4)19(28)24-13(2)18(26)27/h5-11,13H,22H2,1-4H3,(H,24,28)(H,26,27). The fourth-order valence-electron chi connectivity index (χ4n) is 3.00. The number of carbonyl (C=O) groups excluding carboxylic acids is 1. The van der Waals surface area contributed by atoms with Crippen LogP contribution in [-0.2, 0) is 9.59 Å². The number of aromatic nitrogens is 2. The molecule has 0 aliphatic carbocycles. The number of benzene rings is 2. The number of anilines is 1. The number of hydrogen-bond donors (Lipinski definition) is 3. The zero-order chi connectivity index (χ0) is 21.3. The number of nitrogen functional groups attached to an aromatic ring is 1. The summed E-state index contributed by atoms with van der Waals surface area (Å²) in [6, 6.07) is 11.1. The minimum Gasteiger partial charge on any atom is -0.480 e. The van der Waals surface area contributed by atoms with Gasteiger partial charge in [-0.25, -0.2) is 4.98 Å². The van der Waals surface area contributed by atoms with Crippen LogP contribution in [0.3, 0.4) is 0 Å². The van der Waals surface area contributed by atoms with Crippen LogP contribution in [0.4, 0.5) is 5.82 Å². The highest BCUT2D eigenvalue weighted by Gasteiger charge is 2.33. The number of amides is 1. The summed E-state index contributed by atoms with van der Waals surface area (Å²) < 4.78 is 0.863. The molecule has 0 bridgehead atoms. The third-order valence-corrected chi connectivity index (χ3v) is 5.89. The minimum atomic E-state index is -1.09. The zero-order valence-electron chi connectivity index (χ0n) is 16.8. The molecule has 0 fully saturated rings. The van der Waals surface area contributed by atoms with Crippen LogP contribution in [-0.4, -0.2) is 37.3 Å². The maximum Gasteiger partial charge on any atom is 0.325 e. The summed E-state index contributed by atoms with van der Waals surface area (Å²) in [7, 11) is 0. The van der Waals surface area contributed by atoms with Gasteiger partial charge < -0.3 is 16.2 Å². The number of carboxylic acids is 1. The maximum atomic E-state index is 12.6. The Morgan fingerprint density at radius 1 is 1.21 bits per heavy atom. The molecule has 8 heteroatoms. The fourth-order valence-corrected chi connectivity index (χ4v) is 4.01. The molecule has 0 radical (unpaired) electrons. The van der Waals surface area contributed by atoms with Crippen molar-refractivity contribution in [1.29, 1.82) is 0 Å². The molecule has 1 atom stereocenters. The fraction of sp³-hybridized carbons (Fsp3) is 0.286. The first-order valence-corrected chi connectivity index (χ1v) is 9.98. The molecule has 3 rings (SSSR count). The van der Waals surface area contributed by atoms with Gasteiger partial charge in [0, 0.05) is 5.39 Å². The van der Waals surface area contributed by atoms with Gasteiger partial charge in [-0.05, 0) is 44.7 Å². The number of carbonyl (C=O) groups is 2. The van der Waals surface area contributed by atoms with Gasteiger partial charge in [0.2, 0.25) is 5.91 Å². The summed E-state index contributed by atoms with van der Waals surface area (Å²) in [5.74, 6) is -1.02. The van der Waals surface area contributed by atoms with Gasteiger partial charge in [-0.3, -0.25) is 14.2 Å². The lowest BCUT2D eigenvalue weighted by molar-refractivity contribution is -0.141. The van der Waals surface area contributed by atoms with Gasteiger partial charge >= 0.3 is 5.97 Å². The van der Waals surface area contributed by atoms with Crippen molar-refractivity contribution >= 4 is 40.2 Å². The average Bonchev–Trinajstić information content (AvgIpc) is 3.01. The number of aryl methyl sites for hydroxylation is 1. The van der Waals surface area contributed by atoms with Crippen LogP contribution in [0.1, 0.15) is 26.3 Å². The normalized spacial score (nSPS) is 12.7. The van der Waals surface area contributed by atoms with E-state index < -0.39 is 16.8 Å². The monoisotopic (exact) mass is 412 g/mol. The Bertz CT molecular complexity index is 1090. The number of rotatable bonds is 6. The molecule has 7 nitrogen and oxygen atoms in total. The molecule has 1 unspecified atom stereocenters. The quantitative estimate of drug-likeness (QED) is 0.536. The third-order valence-electron chi connectivity index (χ3n) is 4.73. The van der Waals surface area contributed by atoms with E-state index in [0.29, 0.717) is 11.0 Å². The Balaban J connectivity index is 2.00. The number of aliphatic carboxylic acids is 1. The van der Waals surface area contributed by atoms with Gasteiger partial charge in [0.15, 0.2) is 5.16 Å². The lowest BCUT2D eigenvalue weighted by atomic mass is 10.0. The Morgan fingerprint density at radius 2 is 1.86 bits per heavy atom. The van der Waals surface area contributed by atoms with Gasteiger partial charge in [0.25, 0.3) is 0 Å². The molecule has 4 N–H and O–H groups in total. The second-order valence-electron chi connectivity index (χ2n) is 7.39. The van der Waals surface area contributed by atoms with E-state index in [1.54, 1.807) is 20.0 Å². The van der Waals surface area contributed by atoms with Crippen LogP contribution in [0.25, 0.3) is 16.5 Å². The van der Waals surface area contributed by atoms with Crippen molar-refractivity contribution in [3.63, 3.8) is 0 Å². The number of fused-ring (bicyclic) bond motifs is 1. The Kier molecular flexibility index (Phi) is 5.57. The van der Waals surface area contributed by atoms with Crippen LogP contribution >= 0.6 is 11.8 Å². The first-order valence-electron chi connectivity index (χ1n) is 9.16. The second-order valence-corrected chi connectivity index (χ2v) is 8.98. The highest BCUT2D eigenvalue weighted by Crippen LogP contribution is 2.36. The summed E-state index contributed by atoms with van der Waals surface area (Å²) in [6.07, 6.45) is 1.56. The Labute approximate surface area is 173 Å². The molecule has 0 aliphatic rings. The molecule has 29 heavy (non-hydrogen) atoms. The van der Waals surface area contributed by atoms with Gasteiger partial charge in [-0.2, -0.15) is 0 Å². The van der Waals surface area contributed by atoms with Crippen molar-refractivity contribution in [1.82, 2.24) is 14.9 Å². The summed E-state index contributed by atoms with van der Waals surface area (Å²) >= 11 is 1.23. The van der Waals surface area contributed by atoms with E-state index in [-0.39, 0.29) is 5.91 Å². The molecule has 0 spiro atoms. The topological polar surface area (TPSA) is 110 Å². The largest absolute Gasteiger partial charge is 0.480 e. The molecule has 152 valence electrons. The Hall–Kier alpha value is -3.00. The zero-order valence-corrected chi connectivity index (χ0v) is 17.6. The minimum absolute atomic E-state index is 0.390. The molecule has 3 aromatic rings. The number of thioether (sulfide) groups is 1. The molecule has 0 saturated heterocycles. The number of hydrogen-bond acceptors (Lipinski definition) is 5. The van der Waals surface area contributed by atoms with E-state index in [1.165, 1.54) is 18.7 Å². The van der Waals surface area contributed by atoms with Gasteiger partial charge in [0.1, 0.15) is 11.9 Å². The van der Waals surface area contributed by atoms with E-state index in [2.05, 4.69) is 23.3 Å². The van der Waals surface area contributed by atoms with Crippen LogP contribution in [0.5, 0.6) is 0 Å².